The highest BCUT2D eigenvalue weighted by Crippen LogP contribution is 2.28. The summed E-state index contributed by atoms with van der Waals surface area (Å²) in [7, 11) is -3.71. The molecule has 9 heteroatoms. The minimum absolute atomic E-state index is 0.0970. The van der Waals surface area contributed by atoms with Crippen molar-refractivity contribution in [1.29, 1.82) is 5.26 Å². The van der Waals surface area contributed by atoms with E-state index < -0.39 is 22.0 Å². The fourth-order valence-corrected chi connectivity index (χ4v) is 5.78. The molecule has 0 aromatic heterocycles. The lowest BCUT2D eigenvalue weighted by atomic mass is 10.1. The first-order chi connectivity index (χ1) is 16.0. The molecule has 2 aromatic rings. The molecule has 33 heavy (non-hydrogen) atoms. The van der Waals surface area contributed by atoms with Crippen molar-refractivity contribution in [2.75, 3.05) is 44.3 Å². The molecular weight excluding hydrogens is 440 g/mol. The second-order valence-electron chi connectivity index (χ2n) is 8.19. The number of nitrogens with zero attached hydrogens (tertiary/aromatic N) is 3. The van der Waals surface area contributed by atoms with Crippen molar-refractivity contribution in [3.05, 3.63) is 59.7 Å². The van der Waals surface area contributed by atoms with Gasteiger partial charge in [-0.25, -0.2) is 8.42 Å². The van der Waals surface area contributed by atoms with E-state index in [4.69, 9.17) is 4.74 Å². The molecule has 2 aliphatic heterocycles. The van der Waals surface area contributed by atoms with E-state index in [-0.39, 0.29) is 10.5 Å². The van der Waals surface area contributed by atoms with E-state index in [9.17, 15) is 18.5 Å². The fraction of sp³-hybridized carbons (Fsp3) is 0.417. The molecule has 2 aromatic carbocycles. The largest absolute Gasteiger partial charge is 0.378 e. The number of morpholine rings is 1. The van der Waals surface area contributed by atoms with Crippen LogP contribution in [0.5, 0.6) is 0 Å². The van der Waals surface area contributed by atoms with Gasteiger partial charge in [-0.2, -0.15) is 9.57 Å². The molecule has 0 unspecified atom stereocenters. The van der Waals surface area contributed by atoms with Crippen LogP contribution >= 0.6 is 0 Å². The maximum Gasteiger partial charge on any atom is 0.254 e. The Morgan fingerprint density at radius 2 is 1.70 bits per heavy atom. The van der Waals surface area contributed by atoms with Gasteiger partial charge in [-0.1, -0.05) is 36.8 Å². The van der Waals surface area contributed by atoms with Crippen molar-refractivity contribution in [2.45, 2.75) is 30.2 Å². The van der Waals surface area contributed by atoms with E-state index in [1.165, 1.54) is 10.4 Å². The minimum Gasteiger partial charge on any atom is -0.378 e. The molecule has 1 amide bonds. The summed E-state index contributed by atoms with van der Waals surface area (Å²) in [6.45, 7) is 3.22. The maximum absolute atomic E-state index is 13.4. The SMILES string of the molecule is N#C[C@H](NC(=O)c1cc(S(=O)(=O)N2CCCCC2)ccc1N1CCOCC1)c1ccccc1. The van der Waals surface area contributed by atoms with E-state index >= 15 is 0 Å². The number of ether oxygens (including phenoxy) is 1. The Bertz CT molecular complexity index is 1120. The molecule has 0 radical (unpaired) electrons. The highest BCUT2D eigenvalue weighted by molar-refractivity contribution is 7.89. The van der Waals surface area contributed by atoms with Crippen LogP contribution in [0.2, 0.25) is 0 Å². The van der Waals surface area contributed by atoms with Gasteiger partial charge in [0.25, 0.3) is 5.91 Å². The van der Waals surface area contributed by atoms with Crippen LogP contribution in [0.1, 0.15) is 41.2 Å². The Hall–Kier alpha value is -2.93. The van der Waals surface area contributed by atoms with Gasteiger partial charge in [0.2, 0.25) is 10.0 Å². The van der Waals surface area contributed by atoms with Crippen LogP contribution in [-0.2, 0) is 14.8 Å². The number of amides is 1. The molecule has 2 saturated heterocycles. The van der Waals surface area contributed by atoms with Crippen molar-refractivity contribution < 1.29 is 17.9 Å². The average molecular weight is 469 g/mol. The molecule has 1 atom stereocenters. The second-order valence-corrected chi connectivity index (χ2v) is 10.1. The Labute approximate surface area is 194 Å². The molecular formula is C24H28N4O4S. The van der Waals surface area contributed by atoms with Crippen molar-refractivity contribution in [1.82, 2.24) is 9.62 Å². The summed E-state index contributed by atoms with van der Waals surface area (Å²) in [5.41, 5.74) is 1.54. The smallest absolute Gasteiger partial charge is 0.254 e. The monoisotopic (exact) mass is 468 g/mol. The van der Waals surface area contributed by atoms with E-state index in [0.717, 1.165) is 19.3 Å². The summed E-state index contributed by atoms with van der Waals surface area (Å²) in [6.07, 6.45) is 2.68. The molecule has 1 N–H and O–H groups in total. The van der Waals surface area contributed by atoms with Crippen LogP contribution in [0.4, 0.5) is 5.69 Å². The molecule has 0 saturated carbocycles. The van der Waals surface area contributed by atoms with Gasteiger partial charge < -0.3 is 15.0 Å². The Morgan fingerprint density at radius 3 is 2.36 bits per heavy atom. The van der Waals surface area contributed by atoms with Gasteiger partial charge >= 0.3 is 0 Å². The molecule has 2 aliphatic rings. The highest BCUT2D eigenvalue weighted by atomic mass is 32.2. The van der Waals surface area contributed by atoms with Gasteiger partial charge in [0.05, 0.1) is 29.7 Å². The third-order valence-electron chi connectivity index (χ3n) is 6.05. The lowest BCUT2D eigenvalue weighted by Gasteiger charge is -2.31. The number of hydrogen-bond donors (Lipinski definition) is 1. The van der Waals surface area contributed by atoms with Crippen molar-refractivity contribution in [2.24, 2.45) is 0 Å². The van der Waals surface area contributed by atoms with Crippen LogP contribution in [0.25, 0.3) is 0 Å². The number of carbonyl (C=O) groups excluding carboxylic acids is 1. The summed E-state index contributed by atoms with van der Waals surface area (Å²) in [4.78, 5) is 15.5. The number of carbonyl (C=O) groups is 1. The number of hydrogen-bond acceptors (Lipinski definition) is 6. The number of nitriles is 1. The number of sulfonamides is 1. The van der Waals surface area contributed by atoms with Gasteiger partial charge in [-0.05, 0) is 36.6 Å². The number of anilines is 1. The Kier molecular flexibility index (Phi) is 7.28. The quantitative estimate of drug-likeness (QED) is 0.699. The molecule has 0 spiro atoms. The van der Waals surface area contributed by atoms with E-state index in [0.29, 0.717) is 50.6 Å². The molecule has 8 nitrogen and oxygen atoms in total. The van der Waals surface area contributed by atoms with E-state index in [2.05, 4.69) is 11.4 Å². The zero-order valence-corrected chi connectivity index (χ0v) is 19.3. The number of nitrogens with one attached hydrogen (secondary N) is 1. The Morgan fingerprint density at radius 1 is 1.00 bits per heavy atom. The van der Waals surface area contributed by atoms with Gasteiger partial charge in [-0.15, -0.1) is 0 Å². The highest BCUT2D eigenvalue weighted by Gasteiger charge is 2.29. The first-order valence-electron chi connectivity index (χ1n) is 11.2. The predicted molar refractivity (Wildman–Crippen MR) is 124 cm³/mol. The van der Waals surface area contributed by atoms with Crippen LogP contribution in [0, 0.1) is 11.3 Å². The summed E-state index contributed by atoms with van der Waals surface area (Å²) in [5.74, 6) is -0.484. The third kappa shape index (κ3) is 5.19. The number of benzene rings is 2. The third-order valence-corrected chi connectivity index (χ3v) is 7.95. The second kappa shape index (κ2) is 10.3. The number of piperidine rings is 1. The summed E-state index contributed by atoms with van der Waals surface area (Å²) >= 11 is 0. The van der Waals surface area contributed by atoms with Crippen LogP contribution < -0.4 is 10.2 Å². The van der Waals surface area contributed by atoms with Gasteiger partial charge in [0.15, 0.2) is 0 Å². The van der Waals surface area contributed by atoms with Gasteiger partial charge in [0, 0.05) is 31.9 Å². The predicted octanol–water partition coefficient (Wildman–Crippen LogP) is 2.69. The lowest BCUT2D eigenvalue weighted by molar-refractivity contribution is 0.0943. The van der Waals surface area contributed by atoms with E-state index in [1.54, 1.807) is 36.4 Å². The van der Waals surface area contributed by atoms with Crippen molar-refractivity contribution in [3.63, 3.8) is 0 Å². The first kappa shape index (κ1) is 23.2. The molecule has 4 rings (SSSR count). The lowest BCUT2D eigenvalue weighted by Crippen LogP contribution is -2.39. The van der Waals surface area contributed by atoms with Crippen molar-refractivity contribution >= 4 is 21.6 Å². The van der Waals surface area contributed by atoms with Crippen LogP contribution in [0.3, 0.4) is 0 Å². The average Bonchev–Trinajstić information content (AvgIpc) is 2.88. The first-order valence-corrected chi connectivity index (χ1v) is 12.7. The summed E-state index contributed by atoms with van der Waals surface area (Å²) < 4.78 is 33.4. The number of rotatable bonds is 6. The van der Waals surface area contributed by atoms with Crippen LogP contribution in [0.15, 0.2) is 53.4 Å². The summed E-state index contributed by atoms with van der Waals surface area (Å²) in [5, 5.41) is 12.4. The molecule has 174 valence electrons. The van der Waals surface area contributed by atoms with Gasteiger partial charge in [0.1, 0.15) is 6.04 Å². The zero-order valence-electron chi connectivity index (χ0n) is 18.4. The topological polar surface area (TPSA) is 103 Å². The van der Waals surface area contributed by atoms with Crippen molar-refractivity contribution in [3.8, 4) is 6.07 Å². The van der Waals surface area contributed by atoms with E-state index in [1.807, 2.05) is 11.0 Å². The zero-order chi connectivity index (χ0) is 23.3. The van der Waals surface area contributed by atoms with Crippen LogP contribution in [-0.4, -0.2) is 58.0 Å². The fourth-order valence-electron chi connectivity index (χ4n) is 4.24. The van der Waals surface area contributed by atoms with Gasteiger partial charge in [-0.3, -0.25) is 4.79 Å². The molecule has 0 bridgehead atoms. The standard InChI is InChI=1S/C24H28N4O4S/c25-18-22(19-7-3-1-4-8-19)26-24(29)21-17-20(33(30,31)28-11-5-2-6-12-28)9-10-23(21)27-13-15-32-16-14-27/h1,3-4,7-10,17,22H,2,5-6,11-16H2,(H,26,29)/t22-/m0/s1. The Balaban J connectivity index is 1.69. The molecule has 2 heterocycles. The summed E-state index contributed by atoms with van der Waals surface area (Å²) in [6, 6.07) is 15.0. The molecule has 0 aliphatic carbocycles. The maximum atomic E-state index is 13.4. The minimum atomic E-state index is -3.71. The molecule has 2 fully saturated rings. The normalized spacial score (nSPS) is 18.3.